The normalized spacial score (nSPS) is 14.5. The molecule has 0 saturated carbocycles. The summed E-state index contributed by atoms with van der Waals surface area (Å²) in [5.74, 6) is 0. The Balaban J connectivity index is 1.68. The van der Waals surface area contributed by atoms with E-state index in [9.17, 15) is 0 Å². The SMILES string of the molecule is Cc1cc(N2CCCC2)ccc1NCc1cccc(Br)c1. The highest BCUT2D eigenvalue weighted by molar-refractivity contribution is 9.10. The van der Waals surface area contributed by atoms with Crippen LogP contribution in [-0.4, -0.2) is 13.1 Å². The van der Waals surface area contributed by atoms with Gasteiger partial charge in [0.05, 0.1) is 0 Å². The second-order valence-electron chi connectivity index (χ2n) is 5.68. The van der Waals surface area contributed by atoms with Crippen molar-refractivity contribution in [1.29, 1.82) is 0 Å². The largest absolute Gasteiger partial charge is 0.381 e. The molecule has 0 aliphatic carbocycles. The molecule has 110 valence electrons. The number of anilines is 2. The predicted molar refractivity (Wildman–Crippen MR) is 94.1 cm³/mol. The van der Waals surface area contributed by atoms with Crippen LogP contribution in [0.15, 0.2) is 46.9 Å². The topological polar surface area (TPSA) is 15.3 Å². The van der Waals surface area contributed by atoms with Gasteiger partial charge in [-0.25, -0.2) is 0 Å². The van der Waals surface area contributed by atoms with Gasteiger partial charge in [-0.1, -0.05) is 28.1 Å². The van der Waals surface area contributed by atoms with Crippen LogP contribution in [0, 0.1) is 6.92 Å². The molecule has 0 aromatic heterocycles. The first-order valence-corrected chi connectivity index (χ1v) is 8.35. The molecule has 0 unspecified atom stereocenters. The van der Waals surface area contributed by atoms with Crippen molar-refractivity contribution >= 4 is 27.3 Å². The molecule has 3 rings (SSSR count). The Morgan fingerprint density at radius 1 is 1.10 bits per heavy atom. The van der Waals surface area contributed by atoms with Crippen LogP contribution in [0.1, 0.15) is 24.0 Å². The highest BCUT2D eigenvalue weighted by Crippen LogP contribution is 2.26. The molecule has 2 aromatic carbocycles. The van der Waals surface area contributed by atoms with Crippen LogP contribution in [0.3, 0.4) is 0 Å². The summed E-state index contributed by atoms with van der Waals surface area (Å²) in [5, 5.41) is 3.53. The lowest BCUT2D eigenvalue weighted by Crippen LogP contribution is -2.17. The summed E-state index contributed by atoms with van der Waals surface area (Å²) < 4.78 is 1.13. The molecule has 3 heteroatoms. The fourth-order valence-corrected chi connectivity index (χ4v) is 3.31. The van der Waals surface area contributed by atoms with Crippen LogP contribution in [0.25, 0.3) is 0 Å². The fourth-order valence-electron chi connectivity index (χ4n) is 2.86. The van der Waals surface area contributed by atoms with Crippen LogP contribution in [-0.2, 0) is 6.54 Å². The van der Waals surface area contributed by atoms with E-state index in [0.717, 1.165) is 11.0 Å². The first-order valence-electron chi connectivity index (χ1n) is 7.56. The molecule has 1 aliphatic rings. The lowest BCUT2D eigenvalue weighted by atomic mass is 10.1. The van der Waals surface area contributed by atoms with E-state index in [0.29, 0.717) is 0 Å². The molecule has 1 heterocycles. The third kappa shape index (κ3) is 3.59. The maximum atomic E-state index is 3.53. The number of rotatable bonds is 4. The lowest BCUT2D eigenvalue weighted by molar-refractivity contribution is 0.949. The molecule has 0 atom stereocenters. The van der Waals surface area contributed by atoms with Crippen molar-refractivity contribution in [3.05, 3.63) is 58.1 Å². The van der Waals surface area contributed by atoms with Crippen molar-refractivity contribution in [3.8, 4) is 0 Å². The summed E-state index contributed by atoms with van der Waals surface area (Å²) >= 11 is 3.52. The summed E-state index contributed by atoms with van der Waals surface area (Å²) in [4.78, 5) is 2.48. The second-order valence-corrected chi connectivity index (χ2v) is 6.59. The lowest BCUT2D eigenvalue weighted by Gasteiger charge is -2.19. The van der Waals surface area contributed by atoms with E-state index in [2.05, 4.69) is 75.5 Å². The van der Waals surface area contributed by atoms with Crippen molar-refractivity contribution in [2.75, 3.05) is 23.3 Å². The minimum atomic E-state index is 0.851. The Hall–Kier alpha value is -1.48. The molecule has 0 spiro atoms. The summed E-state index contributed by atoms with van der Waals surface area (Å²) in [6.07, 6.45) is 2.64. The zero-order chi connectivity index (χ0) is 14.7. The highest BCUT2D eigenvalue weighted by atomic mass is 79.9. The van der Waals surface area contributed by atoms with Crippen molar-refractivity contribution in [2.45, 2.75) is 26.3 Å². The van der Waals surface area contributed by atoms with Gasteiger partial charge in [0.1, 0.15) is 0 Å². The number of hydrogen-bond donors (Lipinski definition) is 1. The quantitative estimate of drug-likeness (QED) is 0.842. The summed E-state index contributed by atoms with van der Waals surface area (Å²) in [6.45, 7) is 5.43. The van der Waals surface area contributed by atoms with E-state index < -0.39 is 0 Å². The van der Waals surface area contributed by atoms with Gasteiger partial charge in [-0.05, 0) is 61.2 Å². The van der Waals surface area contributed by atoms with Crippen LogP contribution >= 0.6 is 15.9 Å². The summed E-state index contributed by atoms with van der Waals surface area (Å²) in [6, 6.07) is 15.2. The fraction of sp³-hybridized carbons (Fsp3) is 0.333. The van der Waals surface area contributed by atoms with Gasteiger partial charge in [-0.15, -0.1) is 0 Å². The molecule has 1 aliphatic heterocycles. The smallest absolute Gasteiger partial charge is 0.0401 e. The van der Waals surface area contributed by atoms with Gasteiger partial charge >= 0.3 is 0 Å². The van der Waals surface area contributed by atoms with E-state index in [1.807, 2.05) is 0 Å². The molecule has 1 fully saturated rings. The van der Waals surface area contributed by atoms with Crippen molar-refractivity contribution in [3.63, 3.8) is 0 Å². The van der Waals surface area contributed by atoms with E-state index in [4.69, 9.17) is 0 Å². The van der Waals surface area contributed by atoms with E-state index in [1.54, 1.807) is 0 Å². The van der Waals surface area contributed by atoms with Gasteiger partial charge in [-0.3, -0.25) is 0 Å². The molecule has 0 radical (unpaired) electrons. The van der Waals surface area contributed by atoms with Crippen LogP contribution in [0.2, 0.25) is 0 Å². The maximum Gasteiger partial charge on any atom is 0.0401 e. The summed E-state index contributed by atoms with van der Waals surface area (Å²) in [5.41, 5.74) is 5.18. The predicted octanol–water partition coefficient (Wildman–Crippen LogP) is 4.97. The van der Waals surface area contributed by atoms with Crippen molar-refractivity contribution in [2.24, 2.45) is 0 Å². The molecule has 21 heavy (non-hydrogen) atoms. The van der Waals surface area contributed by atoms with E-state index >= 15 is 0 Å². The van der Waals surface area contributed by atoms with Gasteiger partial charge in [0.2, 0.25) is 0 Å². The Kier molecular flexibility index (Phi) is 4.49. The Morgan fingerprint density at radius 3 is 2.62 bits per heavy atom. The minimum Gasteiger partial charge on any atom is -0.381 e. The van der Waals surface area contributed by atoms with E-state index in [1.165, 1.54) is 48.4 Å². The molecule has 0 bridgehead atoms. The Labute approximate surface area is 135 Å². The number of aryl methyl sites for hydroxylation is 1. The van der Waals surface area contributed by atoms with E-state index in [-0.39, 0.29) is 0 Å². The number of nitrogens with zero attached hydrogens (tertiary/aromatic N) is 1. The molecule has 1 N–H and O–H groups in total. The number of benzene rings is 2. The van der Waals surface area contributed by atoms with Gasteiger partial charge in [-0.2, -0.15) is 0 Å². The van der Waals surface area contributed by atoms with Gasteiger partial charge < -0.3 is 10.2 Å². The Bertz CT molecular complexity index is 618. The van der Waals surface area contributed by atoms with Crippen LogP contribution in [0.5, 0.6) is 0 Å². The van der Waals surface area contributed by atoms with Gasteiger partial charge in [0.25, 0.3) is 0 Å². The molecule has 1 saturated heterocycles. The highest BCUT2D eigenvalue weighted by Gasteiger charge is 2.12. The summed E-state index contributed by atoms with van der Waals surface area (Å²) in [7, 11) is 0. The average Bonchev–Trinajstić information content (AvgIpc) is 3.00. The first-order chi connectivity index (χ1) is 10.2. The van der Waals surface area contributed by atoms with Crippen LogP contribution in [0.4, 0.5) is 11.4 Å². The molecule has 2 nitrogen and oxygen atoms in total. The molecule has 2 aromatic rings. The third-order valence-electron chi connectivity index (χ3n) is 4.05. The zero-order valence-electron chi connectivity index (χ0n) is 12.4. The third-order valence-corrected chi connectivity index (χ3v) is 4.55. The average molecular weight is 345 g/mol. The van der Waals surface area contributed by atoms with Crippen molar-refractivity contribution in [1.82, 2.24) is 0 Å². The number of hydrogen-bond acceptors (Lipinski definition) is 2. The number of halogens is 1. The molecule has 0 amide bonds. The van der Waals surface area contributed by atoms with Crippen LogP contribution < -0.4 is 10.2 Å². The monoisotopic (exact) mass is 344 g/mol. The Morgan fingerprint density at radius 2 is 1.90 bits per heavy atom. The minimum absolute atomic E-state index is 0.851. The number of nitrogens with one attached hydrogen (secondary N) is 1. The molecular formula is C18H21BrN2. The van der Waals surface area contributed by atoms with Gasteiger partial charge in [0.15, 0.2) is 0 Å². The first kappa shape index (κ1) is 14.5. The van der Waals surface area contributed by atoms with Crippen molar-refractivity contribution < 1.29 is 0 Å². The van der Waals surface area contributed by atoms with Gasteiger partial charge in [0, 0.05) is 35.5 Å². The zero-order valence-corrected chi connectivity index (χ0v) is 14.0. The maximum absolute atomic E-state index is 3.53. The molecular weight excluding hydrogens is 324 g/mol. The standard InChI is InChI=1S/C18H21BrN2/c1-14-11-17(21-9-2-3-10-21)7-8-18(14)20-13-15-5-4-6-16(19)12-15/h4-8,11-12,20H,2-3,9-10,13H2,1H3. The second kappa shape index (κ2) is 6.52.